The molecule has 3 rings (SSSR count). The number of rotatable bonds is 3. The maximum absolute atomic E-state index is 12.3. The molecule has 0 fully saturated rings. The highest BCUT2D eigenvalue weighted by molar-refractivity contribution is 6.02. The molecule has 0 amide bonds. The van der Waals surface area contributed by atoms with Crippen LogP contribution in [-0.2, 0) is 16.6 Å². The van der Waals surface area contributed by atoms with Crippen LogP contribution in [0.25, 0.3) is 0 Å². The van der Waals surface area contributed by atoms with Crippen LogP contribution in [0.15, 0.2) is 46.3 Å². The molecule has 0 bridgehead atoms. The first-order valence-corrected chi connectivity index (χ1v) is 7.05. The normalized spacial score (nSPS) is 16.6. The Labute approximate surface area is 132 Å². The van der Waals surface area contributed by atoms with Crippen LogP contribution in [0.3, 0.4) is 0 Å². The molecule has 1 aromatic carbocycles. The molecule has 1 unspecified atom stereocenters. The fourth-order valence-corrected chi connectivity index (χ4v) is 2.40. The summed E-state index contributed by atoms with van der Waals surface area (Å²) in [6.07, 6.45) is 0.204. The maximum Gasteiger partial charge on any atom is 0.358 e. The number of hydrogen-bond donors (Lipinski definition) is 0. The molecular weight excluding hydrogens is 298 g/mol. The second-order valence-corrected chi connectivity index (χ2v) is 5.11. The molecule has 0 saturated carbocycles. The number of carbonyl (C=O) groups excluding carboxylic acids is 1. The second-order valence-electron chi connectivity index (χ2n) is 5.11. The lowest BCUT2D eigenvalue weighted by Gasteiger charge is -2.08. The van der Waals surface area contributed by atoms with Gasteiger partial charge in [-0.2, -0.15) is 5.10 Å². The van der Waals surface area contributed by atoms with Crippen LogP contribution in [0.5, 0.6) is 0 Å². The smallest absolute Gasteiger partial charge is 0.358 e. The number of aromatic nitrogens is 2. The summed E-state index contributed by atoms with van der Waals surface area (Å²) in [6.45, 7) is 0. The van der Waals surface area contributed by atoms with Crippen molar-refractivity contribution in [3.05, 3.63) is 63.6 Å². The molecule has 0 aliphatic carbocycles. The Morgan fingerprint density at radius 1 is 1.35 bits per heavy atom. The monoisotopic (exact) mass is 313 g/mol. The van der Waals surface area contributed by atoms with E-state index in [0.717, 1.165) is 10.2 Å². The average molecular weight is 313 g/mol. The van der Waals surface area contributed by atoms with Gasteiger partial charge in [0, 0.05) is 13.5 Å². The van der Waals surface area contributed by atoms with Crippen LogP contribution in [-0.4, -0.2) is 28.6 Å². The topological polar surface area (TPSA) is 82.8 Å². The molecule has 1 atom stereocenters. The van der Waals surface area contributed by atoms with E-state index in [1.807, 2.05) is 30.3 Å². The first-order chi connectivity index (χ1) is 11.1. The van der Waals surface area contributed by atoms with E-state index in [9.17, 15) is 9.59 Å². The zero-order valence-electron chi connectivity index (χ0n) is 12.7. The fraction of sp³-hybridized carbons (Fsp3) is 0.250. The summed E-state index contributed by atoms with van der Waals surface area (Å²) in [5, 5.41) is 7.90. The van der Waals surface area contributed by atoms with Gasteiger partial charge >= 0.3 is 5.97 Å². The Kier molecular flexibility index (Phi) is 3.92. The van der Waals surface area contributed by atoms with E-state index in [0.29, 0.717) is 17.7 Å². The molecule has 1 aliphatic rings. The number of carbonyl (C=O) groups is 1. The van der Waals surface area contributed by atoms with Crippen molar-refractivity contribution in [1.29, 1.82) is 0 Å². The molecule has 2 aromatic rings. The second kappa shape index (κ2) is 6.04. The van der Waals surface area contributed by atoms with Crippen molar-refractivity contribution in [2.75, 3.05) is 7.11 Å². The van der Waals surface area contributed by atoms with Crippen molar-refractivity contribution in [1.82, 2.24) is 9.78 Å². The van der Waals surface area contributed by atoms with Gasteiger partial charge in [-0.3, -0.25) is 4.79 Å². The molecule has 7 nitrogen and oxygen atoms in total. The maximum atomic E-state index is 12.3. The van der Waals surface area contributed by atoms with Crippen molar-refractivity contribution in [2.24, 2.45) is 12.2 Å². The van der Waals surface area contributed by atoms with Crippen molar-refractivity contribution >= 4 is 11.7 Å². The van der Waals surface area contributed by atoms with Crippen LogP contribution in [0.2, 0.25) is 0 Å². The summed E-state index contributed by atoms with van der Waals surface area (Å²) in [5.41, 5.74) is 1.47. The molecule has 1 aromatic heterocycles. The van der Waals surface area contributed by atoms with Crippen LogP contribution < -0.4 is 5.56 Å². The van der Waals surface area contributed by atoms with Gasteiger partial charge in [0.05, 0.1) is 18.4 Å². The zero-order valence-corrected chi connectivity index (χ0v) is 12.7. The molecule has 1 aliphatic heterocycles. The van der Waals surface area contributed by atoms with E-state index in [1.54, 1.807) is 0 Å². The van der Waals surface area contributed by atoms with Crippen LogP contribution in [0, 0.1) is 0 Å². The number of methoxy groups -OCH3 is 1. The Morgan fingerprint density at radius 2 is 2.09 bits per heavy atom. The summed E-state index contributed by atoms with van der Waals surface area (Å²) in [6, 6.07) is 11.0. The summed E-state index contributed by atoms with van der Waals surface area (Å²) in [7, 11) is 2.74. The number of esters is 1. The number of oxime groups is 1. The highest BCUT2D eigenvalue weighted by Crippen LogP contribution is 2.28. The van der Waals surface area contributed by atoms with Gasteiger partial charge in [-0.1, -0.05) is 35.5 Å². The SMILES string of the molecule is COC(=O)c1cc(C2=NOC(c3ccccc3)C2)c(=O)n(C)n1. The first-order valence-electron chi connectivity index (χ1n) is 7.05. The number of ether oxygens (including phenoxy) is 1. The van der Waals surface area contributed by atoms with Crippen LogP contribution >= 0.6 is 0 Å². The third-order valence-electron chi connectivity index (χ3n) is 3.61. The lowest BCUT2D eigenvalue weighted by atomic mass is 10.0. The Balaban J connectivity index is 1.92. The summed E-state index contributed by atoms with van der Waals surface area (Å²) in [4.78, 5) is 29.4. The van der Waals surface area contributed by atoms with Crippen molar-refractivity contribution in [3.63, 3.8) is 0 Å². The molecule has 0 spiro atoms. The van der Waals surface area contributed by atoms with Gasteiger partial charge in [0.2, 0.25) is 0 Å². The molecule has 0 saturated heterocycles. The predicted octanol–water partition coefficient (Wildman–Crippen LogP) is 1.43. The van der Waals surface area contributed by atoms with Gasteiger partial charge in [0.1, 0.15) is 0 Å². The molecule has 23 heavy (non-hydrogen) atoms. The van der Waals surface area contributed by atoms with Crippen molar-refractivity contribution < 1.29 is 14.4 Å². The highest BCUT2D eigenvalue weighted by Gasteiger charge is 2.27. The van der Waals surface area contributed by atoms with Gasteiger partial charge in [-0.15, -0.1) is 0 Å². The van der Waals surface area contributed by atoms with E-state index in [1.165, 1.54) is 20.2 Å². The lowest BCUT2D eigenvalue weighted by Crippen LogP contribution is -2.28. The van der Waals surface area contributed by atoms with E-state index < -0.39 is 5.97 Å². The Bertz CT molecular complexity index is 827. The first kappa shape index (κ1) is 15.0. The standard InChI is InChI=1S/C16H15N3O4/c1-19-15(20)11(8-13(17-19)16(21)22-2)12-9-14(23-18-12)10-6-4-3-5-7-10/h3-8,14H,9H2,1-2H3. The van der Waals surface area contributed by atoms with E-state index in [2.05, 4.69) is 15.0 Å². The molecule has 2 heterocycles. The zero-order chi connectivity index (χ0) is 16.4. The van der Waals surface area contributed by atoms with E-state index in [4.69, 9.17) is 4.84 Å². The number of benzene rings is 1. The lowest BCUT2D eigenvalue weighted by molar-refractivity contribution is 0.0591. The van der Waals surface area contributed by atoms with Crippen molar-refractivity contribution in [3.8, 4) is 0 Å². The van der Waals surface area contributed by atoms with Gasteiger partial charge in [-0.05, 0) is 11.6 Å². The minimum absolute atomic E-state index is 0.0514. The van der Waals surface area contributed by atoms with Gasteiger partial charge in [0.25, 0.3) is 5.56 Å². The minimum Gasteiger partial charge on any atom is -0.464 e. The van der Waals surface area contributed by atoms with E-state index >= 15 is 0 Å². The summed E-state index contributed by atoms with van der Waals surface area (Å²) >= 11 is 0. The van der Waals surface area contributed by atoms with E-state index in [-0.39, 0.29) is 17.4 Å². The largest absolute Gasteiger partial charge is 0.464 e. The fourth-order valence-electron chi connectivity index (χ4n) is 2.40. The van der Waals surface area contributed by atoms with Crippen molar-refractivity contribution in [2.45, 2.75) is 12.5 Å². The molecule has 7 heteroatoms. The molecule has 118 valence electrons. The van der Waals surface area contributed by atoms with Crippen LogP contribution in [0.4, 0.5) is 0 Å². The van der Waals surface area contributed by atoms with Gasteiger partial charge < -0.3 is 9.57 Å². The predicted molar refractivity (Wildman–Crippen MR) is 82.2 cm³/mol. The molecular formula is C16H15N3O4. The molecule has 0 N–H and O–H groups in total. The quantitative estimate of drug-likeness (QED) is 0.801. The Morgan fingerprint density at radius 3 is 2.78 bits per heavy atom. The molecule has 0 radical (unpaired) electrons. The van der Waals surface area contributed by atoms with Gasteiger partial charge in [-0.25, -0.2) is 9.48 Å². The number of nitrogens with zero attached hydrogens (tertiary/aromatic N) is 3. The minimum atomic E-state index is -0.610. The third kappa shape index (κ3) is 2.85. The average Bonchev–Trinajstić information content (AvgIpc) is 3.07. The van der Waals surface area contributed by atoms with Crippen LogP contribution in [0.1, 0.15) is 34.1 Å². The Hall–Kier alpha value is -2.96. The number of aryl methyl sites for hydroxylation is 1. The van der Waals surface area contributed by atoms with Gasteiger partial charge in [0.15, 0.2) is 11.8 Å². The third-order valence-corrected chi connectivity index (χ3v) is 3.61. The highest BCUT2D eigenvalue weighted by atomic mass is 16.6. The summed E-state index contributed by atoms with van der Waals surface area (Å²) in [5.74, 6) is -0.610. The number of hydrogen-bond acceptors (Lipinski definition) is 6. The summed E-state index contributed by atoms with van der Waals surface area (Å²) < 4.78 is 5.75.